The summed E-state index contributed by atoms with van der Waals surface area (Å²) in [5.74, 6) is 0.281. The molecule has 0 aromatic heterocycles. The molecule has 0 heterocycles. The van der Waals surface area contributed by atoms with E-state index in [0.29, 0.717) is 0 Å². The predicted molar refractivity (Wildman–Crippen MR) is 92.7 cm³/mol. The molecule has 24 heavy (non-hydrogen) atoms. The molecule has 0 saturated carbocycles. The van der Waals surface area contributed by atoms with E-state index in [2.05, 4.69) is 0 Å². The van der Waals surface area contributed by atoms with Crippen LogP contribution in [0.15, 0.2) is 91.0 Å². The van der Waals surface area contributed by atoms with Crippen molar-refractivity contribution in [2.45, 2.75) is 6.10 Å². The van der Waals surface area contributed by atoms with Crippen LogP contribution in [0.25, 0.3) is 0 Å². The van der Waals surface area contributed by atoms with Gasteiger partial charge in [-0.25, -0.2) is 4.57 Å². The topological polar surface area (TPSA) is 55.8 Å². The molecule has 3 aromatic carbocycles. The van der Waals surface area contributed by atoms with Gasteiger partial charge in [0.2, 0.25) is 0 Å². The highest BCUT2D eigenvalue weighted by molar-refractivity contribution is 7.47. The van der Waals surface area contributed by atoms with E-state index >= 15 is 0 Å². The highest BCUT2D eigenvalue weighted by atomic mass is 31.2. The van der Waals surface area contributed by atoms with Crippen LogP contribution >= 0.6 is 7.82 Å². The summed E-state index contributed by atoms with van der Waals surface area (Å²) < 4.78 is 23.1. The van der Waals surface area contributed by atoms with E-state index in [1.807, 2.05) is 60.7 Å². The molecule has 4 nitrogen and oxygen atoms in total. The minimum Gasteiger partial charge on any atom is -0.404 e. The summed E-state index contributed by atoms with van der Waals surface area (Å²) >= 11 is 0. The Morgan fingerprint density at radius 1 is 0.708 bits per heavy atom. The third kappa shape index (κ3) is 4.33. The van der Waals surface area contributed by atoms with E-state index in [4.69, 9.17) is 9.05 Å². The van der Waals surface area contributed by atoms with Crippen LogP contribution in [0.1, 0.15) is 17.2 Å². The second kappa shape index (κ2) is 7.45. The van der Waals surface area contributed by atoms with E-state index in [-0.39, 0.29) is 5.75 Å². The van der Waals surface area contributed by atoms with Crippen LogP contribution in [0, 0.1) is 0 Å². The Labute approximate surface area is 140 Å². The van der Waals surface area contributed by atoms with Crippen LogP contribution in [-0.2, 0) is 9.09 Å². The van der Waals surface area contributed by atoms with Gasteiger partial charge in [-0.1, -0.05) is 78.9 Å². The van der Waals surface area contributed by atoms with E-state index in [1.165, 1.54) is 0 Å². The van der Waals surface area contributed by atoms with E-state index in [1.54, 1.807) is 30.3 Å². The summed E-state index contributed by atoms with van der Waals surface area (Å²) in [6.07, 6.45) is -0.702. The normalized spacial score (nSPS) is 13.4. The Bertz CT molecular complexity index is 767. The molecule has 0 aliphatic heterocycles. The smallest absolute Gasteiger partial charge is 0.404 e. The van der Waals surface area contributed by atoms with Crippen LogP contribution in [-0.4, -0.2) is 4.89 Å². The lowest BCUT2D eigenvalue weighted by atomic mass is 10.0. The summed E-state index contributed by atoms with van der Waals surface area (Å²) in [6, 6.07) is 27.0. The zero-order chi connectivity index (χ0) is 16.8. The average Bonchev–Trinajstić information content (AvgIpc) is 2.62. The van der Waals surface area contributed by atoms with E-state index in [9.17, 15) is 9.46 Å². The summed E-state index contributed by atoms with van der Waals surface area (Å²) in [4.78, 5) is 10.2. The molecule has 0 bridgehead atoms. The highest BCUT2D eigenvalue weighted by Crippen LogP contribution is 2.49. The van der Waals surface area contributed by atoms with Gasteiger partial charge in [0.1, 0.15) is 11.9 Å². The van der Waals surface area contributed by atoms with E-state index in [0.717, 1.165) is 11.1 Å². The lowest BCUT2D eigenvalue weighted by Crippen LogP contribution is -2.07. The molecule has 5 heteroatoms. The molecule has 122 valence electrons. The summed E-state index contributed by atoms with van der Waals surface area (Å²) in [7, 11) is -4.30. The van der Waals surface area contributed by atoms with Gasteiger partial charge in [-0.3, -0.25) is 9.42 Å². The average molecular weight is 340 g/mol. The second-order valence-corrected chi connectivity index (χ2v) is 6.51. The highest BCUT2D eigenvalue weighted by Gasteiger charge is 2.30. The lowest BCUT2D eigenvalue weighted by molar-refractivity contribution is 0.163. The maximum absolute atomic E-state index is 12.5. The molecular weight excluding hydrogens is 323 g/mol. The van der Waals surface area contributed by atoms with Crippen LogP contribution in [0.3, 0.4) is 0 Å². The number of phosphoric acid groups is 1. The fourth-order valence-corrected chi connectivity index (χ4v) is 3.28. The van der Waals surface area contributed by atoms with Gasteiger partial charge in [-0.05, 0) is 23.3 Å². The SMILES string of the molecule is O=P(O)(Oc1ccccc1)OC(c1ccccc1)c1ccccc1. The maximum atomic E-state index is 12.5. The van der Waals surface area contributed by atoms with Crippen molar-refractivity contribution >= 4 is 7.82 Å². The molecule has 0 radical (unpaired) electrons. The fraction of sp³-hybridized carbons (Fsp3) is 0.0526. The fourth-order valence-electron chi connectivity index (χ4n) is 2.34. The molecule has 0 amide bonds. The molecule has 0 saturated heterocycles. The van der Waals surface area contributed by atoms with Crippen molar-refractivity contribution in [1.29, 1.82) is 0 Å². The number of benzene rings is 3. The van der Waals surface area contributed by atoms with Gasteiger partial charge in [0.05, 0.1) is 0 Å². The Morgan fingerprint density at radius 2 is 1.12 bits per heavy atom. The lowest BCUT2D eigenvalue weighted by Gasteiger charge is -2.21. The van der Waals surface area contributed by atoms with E-state index < -0.39 is 13.9 Å². The van der Waals surface area contributed by atoms with Crippen molar-refractivity contribution in [3.63, 3.8) is 0 Å². The molecule has 0 fully saturated rings. The van der Waals surface area contributed by atoms with Gasteiger partial charge in [-0.15, -0.1) is 0 Å². The number of phosphoric ester groups is 1. The Balaban J connectivity index is 1.88. The predicted octanol–water partition coefficient (Wildman–Crippen LogP) is 4.97. The second-order valence-electron chi connectivity index (χ2n) is 5.18. The molecule has 0 spiro atoms. The van der Waals surface area contributed by atoms with Gasteiger partial charge in [0, 0.05) is 0 Å². The summed E-state index contributed by atoms with van der Waals surface area (Å²) in [6.45, 7) is 0. The molecule has 1 N–H and O–H groups in total. The third-order valence-electron chi connectivity index (χ3n) is 3.41. The minimum absolute atomic E-state index is 0.281. The van der Waals surface area contributed by atoms with Crippen LogP contribution in [0.4, 0.5) is 0 Å². The van der Waals surface area contributed by atoms with Crippen molar-refractivity contribution in [2.75, 3.05) is 0 Å². The maximum Gasteiger partial charge on any atom is 0.528 e. The molecule has 0 aliphatic carbocycles. The van der Waals surface area contributed by atoms with Crippen molar-refractivity contribution in [3.05, 3.63) is 102 Å². The first-order chi connectivity index (χ1) is 11.6. The number of para-hydroxylation sites is 1. The molecule has 3 aromatic rings. The van der Waals surface area contributed by atoms with Crippen molar-refractivity contribution in [3.8, 4) is 5.75 Å². The van der Waals surface area contributed by atoms with Crippen LogP contribution in [0.5, 0.6) is 5.75 Å². The Hall–Kier alpha value is -2.39. The monoisotopic (exact) mass is 340 g/mol. The first-order valence-corrected chi connectivity index (χ1v) is 8.99. The van der Waals surface area contributed by atoms with Gasteiger partial charge < -0.3 is 4.52 Å². The molecule has 1 unspecified atom stereocenters. The largest absolute Gasteiger partial charge is 0.528 e. The van der Waals surface area contributed by atoms with Gasteiger partial charge in [0.15, 0.2) is 0 Å². The Kier molecular flexibility index (Phi) is 5.11. The van der Waals surface area contributed by atoms with Gasteiger partial charge in [0.25, 0.3) is 0 Å². The van der Waals surface area contributed by atoms with Gasteiger partial charge >= 0.3 is 7.82 Å². The Morgan fingerprint density at radius 3 is 1.58 bits per heavy atom. The standard InChI is InChI=1S/C19H17O4P/c20-24(21,22-18-14-8-3-9-15-18)23-19(16-10-4-1-5-11-16)17-12-6-2-7-13-17/h1-15,19H,(H,20,21). The molecule has 0 aliphatic rings. The minimum atomic E-state index is -4.30. The van der Waals surface area contributed by atoms with Crippen molar-refractivity contribution < 1.29 is 18.5 Å². The molecular formula is C19H17O4P. The zero-order valence-electron chi connectivity index (χ0n) is 12.9. The molecule has 1 atom stereocenters. The quantitative estimate of drug-likeness (QED) is 0.644. The van der Waals surface area contributed by atoms with Crippen molar-refractivity contribution in [2.24, 2.45) is 0 Å². The zero-order valence-corrected chi connectivity index (χ0v) is 13.8. The summed E-state index contributed by atoms with van der Waals surface area (Å²) in [5, 5.41) is 0. The number of hydrogen-bond acceptors (Lipinski definition) is 3. The van der Waals surface area contributed by atoms with Gasteiger partial charge in [-0.2, -0.15) is 0 Å². The summed E-state index contributed by atoms with van der Waals surface area (Å²) in [5.41, 5.74) is 1.55. The van der Waals surface area contributed by atoms with Crippen LogP contribution < -0.4 is 4.52 Å². The number of rotatable bonds is 6. The first-order valence-electron chi connectivity index (χ1n) is 7.50. The first kappa shape index (κ1) is 16.5. The third-order valence-corrected chi connectivity index (χ3v) is 4.33. The van der Waals surface area contributed by atoms with Crippen molar-refractivity contribution in [1.82, 2.24) is 0 Å². The number of hydrogen-bond donors (Lipinski definition) is 1. The van der Waals surface area contributed by atoms with Crippen LogP contribution in [0.2, 0.25) is 0 Å². The molecule has 3 rings (SSSR count).